The maximum Gasteiger partial charge on any atom is 0.208 e. The van der Waals surface area contributed by atoms with Crippen molar-refractivity contribution in [1.82, 2.24) is 0 Å². The number of fused-ring (bicyclic) bond motifs is 1. The summed E-state index contributed by atoms with van der Waals surface area (Å²) < 4.78 is 5.63. The van der Waals surface area contributed by atoms with E-state index in [1.54, 1.807) is 12.2 Å². The van der Waals surface area contributed by atoms with Crippen LogP contribution in [0.4, 0.5) is 0 Å². The molecule has 1 heterocycles. The number of halogens is 1. The highest BCUT2D eigenvalue weighted by atomic mass is 35.5. The van der Waals surface area contributed by atoms with Gasteiger partial charge < -0.3 is 20.1 Å². The SMILES string of the molecule is CC(/C=C/C1=CC2=C(Cl)C(=O)[C@](C)(O)[C@H](O)[C@@H]2CO1)=C\[C@@H](C)CCO. The average molecular weight is 369 g/mol. The Morgan fingerprint density at radius 1 is 1.56 bits per heavy atom. The number of aliphatic hydroxyl groups is 3. The largest absolute Gasteiger partial charge is 0.493 e. The first-order valence-corrected chi connectivity index (χ1v) is 8.73. The maximum absolute atomic E-state index is 12.2. The molecule has 0 bridgehead atoms. The zero-order valence-corrected chi connectivity index (χ0v) is 15.5. The highest BCUT2D eigenvalue weighted by Crippen LogP contribution is 2.40. The molecule has 0 amide bonds. The lowest BCUT2D eigenvalue weighted by Gasteiger charge is -2.40. The molecule has 2 aliphatic rings. The van der Waals surface area contributed by atoms with E-state index in [-0.39, 0.29) is 24.2 Å². The molecule has 1 aliphatic carbocycles. The molecule has 138 valence electrons. The zero-order chi connectivity index (χ0) is 18.8. The summed E-state index contributed by atoms with van der Waals surface area (Å²) in [6.07, 6.45) is 6.78. The van der Waals surface area contributed by atoms with E-state index in [1.165, 1.54) is 6.92 Å². The molecule has 5 nitrogen and oxygen atoms in total. The first-order valence-electron chi connectivity index (χ1n) is 8.35. The van der Waals surface area contributed by atoms with Crippen molar-refractivity contribution in [2.75, 3.05) is 13.2 Å². The molecule has 0 aromatic carbocycles. The van der Waals surface area contributed by atoms with Gasteiger partial charge in [-0.25, -0.2) is 0 Å². The Bertz CT molecular complexity index is 657. The van der Waals surface area contributed by atoms with Gasteiger partial charge in [-0.05, 0) is 43.9 Å². The number of rotatable bonds is 5. The predicted molar refractivity (Wildman–Crippen MR) is 95.8 cm³/mol. The number of aliphatic hydroxyl groups excluding tert-OH is 2. The summed E-state index contributed by atoms with van der Waals surface area (Å²) in [6, 6.07) is 0. The second kappa shape index (κ2) is 7.87. The molecule has 3 N–H and O–H groups in total. The van der Waals surface area contributed by atoms with E-state index >= 15 is 0 Å². The lowest BCUT2D eigenvalue weighted by atomic mass is 9.75. The zero-order valence-electron chi connectivity index (χ0n) is 14.7. The third-order valence-corrected chi connectivity index (χ3v) is 5.03. The van der Waals surface area contributed by atoms with Crippen LogP contribution in [0.5, 0.6) is 0 Å². The summed E-state index contributed by atoms with van der Waals surface area (Å²) in [5, 5.41) is 29.3. The highest BCUT2D eigenvalue weighted by molar-refractivity contribution is 6.44. The van der Waals surface area contributed by atoms with Gasteiger partial charge >= 0.3 is 0 Å². The minimum Gasteiger partial charge on any atom is -0.493 e. The van der Waals surface area contributed by atoms with Crippen LogP contribution in [0.15, 0.2) is 46.2 Å². The minimum absolute atomic E-state index is 0.0571. The van der Waals surface area contributed by atoms with Crippen LogP contribution < -0.4 is 0 Å². The second-order valence-electron chi connectivity index (χ2n) is 6.89. The summed E-state index contributed by atoms with van der Waals surface area (Å²) in [4.78, 5) is 12.2. The summed E-state index contributed by atoms with van der Waals surface area (Å²) in [5.41, 5.74) is -0.389. The molecule has 0 radical (unpaired) electrons. The maximum atomic E-state index is 12.2. The van der Waals surface area contributed by atoms with Crippen LogP contribution in [-0.2, 0) is 9.53 Å². The van der Waals surface area contributed by atoms with Crippen molar-refractivity contribution in [2.45, 2.75) is 38.9 Å². The fourth-order valence-electron chi connectivity index (χ4n) is 3.05. The standard InChI is InChI=1S/C19H25ClO5/c1-11(8-12(2)6-7-21)4-5-13-9-14-15(10-25-13)17(22)19(3,24)18(23)16(14)20/h4-5,8-9,12,15,17,21-22,24H,6-7,10H2,1-3H3/b5-4+,11-8+/t12-,15+,17+,19+/m0/s1. The van der Waals surface area contributed by atoms with Gasteiger partial charge in [0.1, 0.15) is 11.9 Å². The van der Waals surface area contributed by atoms with Crippen LogP contribution in [-0.4, -0.2) is 46.0 Å². The monoisotopic (exact) mass is 368 g/mol. The topological polar surface area (TPSA) is 87.0 Å². The number of Topliss-reactive ketones (excluding diaryl/α,β-unsaturated/α-hetero) is 1. The van der Waals surface area contributed by atoms with Gasteiger partial charge in [0.2, 0.25) is 5.78 Å². The highest BCUT2D eigenvalue weighted by Gasteiger charge is 2.50. The van der Waals surface area contributed by atoms with E-state index in [4.69, 9.17) is 21.4 Å². The second-order valence-corrected chi connectivity index (χ2v) is 7.27. The molecule has 2 rings (SSSR count). The van der Waals surface area contributed by atoms with E-state index in [0.29, 0.717) is 17.8 Å². The Hall–Kier alpha value is -1.40. The molecule has 1 aliphatic heterocycles. The number of ketones is 1. The number of carbonyl (C=O) groups is 1. The number of ether oxygens (including phenoxy) is 1. The van der Waals surface area contributed by atoms with Crippen molar-refractivity contribution in [1.29, 1.82) is 0 Å². The van der Waals surface area contributed by atoms with Crippen molar-refractivity contribution < 1.29 is 24.9 Å². The Labute approximate surface area is 152 Å². The van der Waals surface area contributed by atoms with E-state index in [2.05, 4.69) is 6.08 Å². The number of carbonyl (C=O) groups excluding carboxylic acids is 1. The molecule has 0 spiro atoms. The first kappa shape index (κ1) is 19.9. The number of hydrogen-bond donors (Lipinski definition) is 3. The normalized spacial score (nSPS) is 31.7. The minimum atomic E-state index is -1.90. The summed E-state index contributed by atoms with van der Waals surface area (Å²) >= 11 is 6.12. The predicted octanol–water partition coefficient (Wildman–Crippen LogP) is 2.23. The molecule has 4 atom stereocenters. The van der Waals surface area contributed by atoms with E-state index in [1.807, 2.05) is 19.9 Å². The fraction of sp³-hybridized carbons (Fsp3) is 0.526. The van der Waals surface area contributed by atoms with Gasteiger partial charge in [-0.3, -0.25) is 4.79 Å². The van der Waals surface area contributed by atoms with Crippen LogP contribution in [0.2, 0.25) is 0 Å². The molecule has 0 fully saturated rings. The molecule has 0 aromatic rings. The Morgan fingerprint density at radius 3 is 2.88 bits per heavy atom. The van der Waals surface area contributed by atoms with E-state index < -0.39 is 23.4 Å². The van der Waals surface area contributed by atoms with E-state index in [0.717, 1.165) is 5.57 Å². The van der Waals surface area contributed by atoms with Gasteiger partial charge in [-0.1, -0.05) is 36.2 Å². The van der Waals surface area contributed by atoms with Crippen LogP contribution in [0, 0.1) is 11.8 Å². The first-order chi connectivity index (χ1) is 11.7. The summed E-state index contributed by atoms with van der Waals surface area (Å²) in [6.45, 7) is 5.53. The third-order valence-electron chi connectivity index (χ3n) is 4.64. The molecule has 25 heavy (non-hydrogen) atoms. The van der Waals surface area contributed by atoms with Gasteiger partial charge in [0, 0.05) is 12.5 Å². The van der Waals surface area contributed by atoms with Crippen molar-refractivity contribution in [3.8, 4) is 0 Å². The van der Waals surface area contributed by atoms with Crippen molar-refractivity contribution in [2.24, 2.45) is 11.8 Å². The lowest BCUT2D eigenvalue weighted by molar-refractivity contribution is -0.150. The van der Waals surface area contributed by atoms with Crippen molar-refractivity contribution >= 4 is 17.4 Å². The third kappa shape index (κ3) is 4.23. The van der Waals surface area contributed by atoms with Crippen LogP contribution in [0.25, 0.3) is 0 Å². The Balaban J connectivity index is 2.23. The van der Waals surface area contributed by atoms with Crippen molar-refractivity contribution in [3.05, 3.63) is 46.2 Å². The molecular weight excluding hydrogens is 344 g/mol. The quantitative estimate of drug-likeness (QED) is 0.648. The smallest absolute Gasteiger partial charge is 0.208 e. The fourth-order valence-corrected chi connectivity index (χ4v) is 3.43. The lowest BCUT2D eigenvalue weighted by Crippen LogP contribution is -2.55. The van der Waals surface area contributed by atoms with Gasteiger partial charge in [0.05, 0.1) is 11.6 Å². The molecule has 0 aromatic heterocycles. The molecule has 0 saturated heterocycles. The van der Waals surface area contributed by atoms with Crippen molar-refractivity contribution in [3.63, 3.8) is 0 Å². The van der Waals surface area contributed by atoms with Crippen LogP contribution >= 0.6 is 11.6 Å². The van der Waals surface area contributed by atoms with Gasteiger partial charge in [-0.2, -0.15) is 0 Å². The Morgan fingerprint density at radius 2 is 2.24 bits per heavy atom. The molecular formula is C19H25ClO5. The van der Waals surface area contributed by atoms with E-state index in [9.17, 15) is 15.0 Å². The summed E-state index contributed by atoms with van der Waals surface area (Å²) in [5.74, 6) is -0.416. The number of hydrogen-bond acceptors (Lipinski definition) is 5. The van der Waals surface area contributed by atoms with Gasteiger partial charge in [0.15, 0.2) is 5.60 Å². The molecule has 6 heteroatoms. The van der Waals surface area contributed by atoms with Crippen LogP contribution in [0.1, 0.15) is 27.2 Å². The van der Waals surface area contributed by atoms with Gasteiger partial charge in [0.25, 0.3) is 0 Å². The molecule has 0 unspecified atom stereocenters. The summed E-state index contributed by atoms with van der Waals surface area (Å²) in [7, 11) is 0. The molecule has 0 saturated carbocycles. The van der Waals surface area contributed by atoms with Crippen LogP contribution in [0.3, 0.4) is 0 Å². The van der Waals surface area contributed by atoms with Gasteiger partial charge in [-0.15, -0.1) is 0 Å². The average Bonchev–Trinajstić information content (AvgIpc) is 2.56. The Kier molecular flexibility index (Phi) is 6.27. The number of allylic oxidation sites excluding steroid dienone is 5.